The van der Waals surface area contributed by atoms with E-state index in [0.29, 0.717) is 31.1 Å². The summed E-state index contributed by atoms with van der Waals surface area (Å²) in [4.78, 5) is 28.6. The smallest absolute Gasteiger partial charge is 0.225 e. The van der Waals surface area contributed by atoms with Crippen molar-refractivity contribution in [3.8, 4) is 0 Å². The summed E-state index contributed by atoms with van der Waals surface area (Å²) in [6, 6.07) is 7.35. The molecule has 0 aromatic heterocycles. The highest BCUT2D eigenvalue weighted by Gasteiger charge is 2.39. The van der Waals surface area contributed by atoms with E-state index in [-0.39, 0.29) is 29.6 Å². The number of para-hydroxylation sites is 1. The maximum Gasteiger partial charge on any atom is 0.225 e. The SMILES string of the molecule is O=C(NC1CCN(c2ccccc2F)CC1)C1CCC(=O)N(C2CC2)C1. The minimum atomic E-state index is -0.193. The Bertz CT molecular complexity index is 683. The number of piperidine rings is 2. The molecule has 1 aromatic carbocycles. The Labute approximate surface area is 153 Å². The van der Waals surface area contributed by atoms with Gasteiger partial charge in [0.15, 0.2) is 0 Å². The fourth-order valence-corrected chi connectivity index (χ4v) is 4.12. The monoisotopic (exact) mass is 359 g/mol. The van der Waals surface area contributed by atoms with Gasteiger partial charge in [0.1, 0.15) is 5.82 Å². The van der Waals surface area contributed by atoms with Crippen LogP contribution in [-0.2, 0) is 9.59 Å². The molecule has 1 atom stereocenters. The summed E-state index contributed by atoms with van der Waals surface area (Å²) in [7, 11) is 0. The van der Waals surface area contributed by atoms with Gasteiger partial charge in [-0.1, -0.05) is 12.1 Å². The summed E-state index contributed by atoms with van der Waals surface area (Å²) >= 11 is 0. The van der Waals surface area contributed by atoms with E-state index in [9.17, 15) is 14.0 Å². The lowest BCUT2D eigenvalue weighted by Crippen LogP contribution is -2.50. The molecule has 1 aliphatic carbocycles. The molecule has 2 aliphatic heterocycles. The molecular weight excluding hydrogens is 333 g/mol. The van der Waals surface area contributed by atoms with Crippen molar-refractivity contribution in [2.75, 3.05) is 24.5 Å². The summed E-state index contributed by atoms with van der Waals surface area (Å²) in [6.07, 6.45) is 4.93. The second-order valence-corrected chi connectivity index (χ2v) is 7.73. The van der Waals surface area contributed by atoms with Gasteiger partial charge < -0.3 is 15.1 Å². The molecule has 1 N–H and O–H groups in total. The standard InChI is InChI=1S/C20H26FN3O2/c21-17-3-1-2-4-18(17)23-11-9-15(10-12-23)22-20(26)14-5-8-19(25)24(13-14)16-6-7-16/h1-4,14-16H,5-13H2,(H,22,26). The lowest BCUT2D eigenvalue weighted by Gasteiger charge is -2.36. The van der Waals surface area contributed by atoms with E-state index in [1.165, 1.54) is 6.07 Å². The average molecular weight is 359 g/mol. The Kier molecular flexibility index (Phi) is 4.83. The predicted octanol–water partition coefficient (Wildman–Crippen LogP) is 2.31. The van der Waals surface area contributed by atoms with Gasteiger partial charge in [-0.3, -0.25) is 9.59 Å². The number of carbonyl (C=O) groups excluding carboxylic acids is 2. The number of nitrogens with one attached hydrogen (secondary N) is 1. The van der Waals surface area contributed by atoms with Gasteiger partial charge in [-0.05, 0) is 44.2 Å². The molecule has 3 fully saturated rings. The molecule has 1 unspecified atom stereocenters. The van der Waals surface area contributed by atoms with Crippen LogP contribution in [0, 0.1) is 11.7 Å². The molecule has 5 nitrogen and oxygen atoms in total. The summed E-state index contributed by atoms with van der Waals surface area (Å²) in [6.45, 7) is 2.05. The van der Waals surface area contributed by atoms with E-state index in [1.54, 1.807) is 12.1 Å². The van der Waals surface area contributed by atoms with Crippen LogP contribution < -0.4 is 10.2 Å². The third kappa shape index (κ3) is 3.69. The van der Waals surface area contributed by atoms with Crippen molar-refractivity contribution >= 4 is 17.5 Å². The van der Waals surface area contributed by atoms with E-state index >= 15 is 0 Å². The number of likely N-dealkylation sites (tertiary alicyclic amines) is 1. The quantitative estimate of drug-likeness (QED) is 0.898. The zero-order chi connectivity index (χ0) is 18.1. The number of halogens is 1. The van der Waals surface area contributed by atoms with Gasteiger partial charge in [-0.25, -0.2) is 4.39 Å². The number of hydrogen-bond acceptors (Lipinski definition) is 3. The molecular formula is C20H26FN3O2. The summed E-state index contributed by atoms with van der Waals surface area (Å²) in [5.41, 5.74) is 0.642. The fraction of sp³-hybridized carbons (Fsp3) is 0.600. The first-order valence-electron chi connectivity index (χ1n) is 9.71. The van der Waals surface area contributed by atoms with Crippen LogP contribution in [0.1, 0.15) is 38.5 Å². The van der Waals surface area contributed by atoms with E-state index in [2.05, 4.69) is 5.32 Å². The lowest BCUT2D eigenvalue weighted by atomic mass is 9.95. The number of nitrogens with zero attached hydrogens (tertiary/aromatic N) is 2. The second kappa shape index (κ2) is 7.25. The van der Waals surface area contributed by atoms with Crippen molar-refractivity contribution in [2.24, 2.45) is 5.92 Å². The third-order valence-electron chi connectivity index (χ3n) is 5.84. The zero-order valence-electron chi connectivity index (χ0n) is 15.0. The topological polar surface area (TPSA) is 52.7 Å². The van der Waals surface area contributed by atoms with Crippen molar-refractivity contribution in [1.29, 1.82) is 0 Å². The van der Waals surface area contributed by atoms with Gasteiger partial charge in [-0.15, -0.1) is 0 Å². The van der Waals surface area contributed by atoms with E-state index in [0.717, 1.165) is 38.8 Å². The first-order chi connectivity index (χ1) is 12.6. The van der Waals surface area contributed by atoms with Crippen molar-refractivity contribution in [3.05, 3.63) is 30.1 Å². The number of hydrogen-bond donors (Lipinski definition) is 1. The number of rotatable bonds is 4. The van der Waals surface area contributed by atoms with Crippen LogP contribution >= 0.6 is 0 Å². The molecule has 1 saturated carbocycles. The van der Waals surface area contributed by atoms with Crippen LogP contribution in [0.4, 0.5) is 10.1 Å². The minimum Gasteiger partial charge on any atom is -0.369 e. The number of amides is 2. The third-order valence-corrected chi connectivity index (χ3v) is 5.84. The largest absolute Gasteiger partial charge is 0.369 e. The van der Waals surface area contributed by atoms with Crippen molar-refractivity contribution in [3.63, 3.8) is 0 Å². The lowest BCUT2D eigenvalue weighted by molar-refractivity contribution is -0.139. The first kappa shape index (κ1) is 17.3. The van der Waals surface area contributed by atoms with Gasteiger partial charge in [-0.2, -0.15) is 0 Å². The Morgan fingerprint density at radius 1 is 1.08 bits per heavy atom. The molecule has 2 heterocycles. The molecule has 2 saturated heterocycles. The predicted molar refractivity (Wildman–Crippen MR) is 97.2 cm³/mol. The van der Waals surface area contributed by atoms with Crippen LogP contribution in [0.5, 0.6) is 0 Å². The molecule has 140 valence electrons. The fourth-order valence-electron chi connectivity index (χ4n) is 4.12. The molecule has 1 aromatic rings. The maximum absolute atomic E-state index is 13.9. The molecule has 0 radical (unpaired) electrons. The molecule has 0 spiro atoms. The summed E-state index contributed by atoms with van der Waals surface area (Å²) in [5.74, 6) is 0.00200. The van der Waals surface area contributed by atoms with Crippen molar-refractivity contribution < 1.29 is 14.0 Å². The van der Waals surface area contributed by atoms with Crippen molar-refractivity contribution in [2.45, 2.75) is 50.6 Å². The minimum absolute atomic E-state index is 0.0764. The van der Waals surface area contributed by atoms with Gasteiger partial charge >= 0.3 is 0 Å². The summed E-state index contributed by atoms with van der Waals surface area (Å²) < 4.78 is 13.9. The zero-order valence-corrected chi connectivity index (χ0v) is 15.0. The highest BCUT2D eigenvalue weighted by Crippen LogP contribution is 2.32. The van der Waals surface area contributed by atoms with Crippen LogP contribution in [0.3, 0.4) is 0 Å². The maximum atomic E-state index is 13.9. The van der Waals surface area contributed by atoms with E-state index in [1.807, 2.05) is 15.9 Å². The second-order valence-electron chi connectivity index (χ2n) is 7.73. The normalized spacial score (nSPS) is 24.7. The van der Waals surface area contributed by atoms with Crippen LogP contribution in [-0.4, -0.2) is 48.4 Å². The molecule has 4 rings (SSSR count). The number of benzene rings is 1. The highest BCUT2D eigenvalue weighted by molar-refractivity contribution is 5.84. The number of carbonyl (C=O) groups is 2. The van der Waals surface area contributed by atoms with Crippen LogP contribution in [0.25, 0.3) is 0 Å². The van der Waals surface area contributed by atoms with Gasteiger partial charge in [0.2, 0.25) is 11.8 Å². The highest BCUT2D eigenvalue weighted by atomic mass is 19.1. The van der Waals surface area contributed by atoms with Gasteiger partial charge in [0.25, 0.3) is 0 Å². The molecule has 3 aliphatic rings. The van der Waals surface area contributed by atoms with Crippen LogP contribution in [0.15, 0.2) is 24.3 Å². The number of anilines is 1. The van der Waals surface area contributed by atoms with Gasteiger partial charge in [0.05, 0.1) is 11.6 Å². The Hall–Kier alpha value is -2.11. The molecule has 6 heteroatoms. The van der Waals surface area contributed by atoms with Crippen LogP contribution in [0.2, 0.25) is 0 Å². The Morgan fingerprint density at radius 3 is 2.50 bits per heavy atom. The average Bonchev–Trinajstić information content (AvgIpc) is 3.48. The van der Waals surface area contributed by atoms with Crippen molar-refractivity contribution in [1.82, 2.24) is 10.2 Å². The molecule has 26 heavy (non-hydrogen) atoms. The Balaban J connectivity index is 1.28. The molecule has 2 amide bonds. The Morgan fingerprint density at radius 2 is 1.81 bits per heavy atom. The first-order valence-corrected chi connectivity index (χ1v) is 9.71. The molecule has 0 bridgehead atoms. The van der Waals surface area contributed by atoms with Gasteiger partial charge in [0, 0.05) is 38.1 Å². The van der Waals surface area contributed by atoms with E-state index < -0.39 is 0 Å². The van der Waals surface area contributed by atoms with E-state index in [4.69, 9.17) is 0 Å². The summed E-state index contributed by atoms with van der Waals surface area (Å²) in [5, 5.41) is 3.17.